The third-order valence-electron chi connectivity index (χ3n) is 5.13. The van der Waals surface area contributed by atoms with E-state index in [1.807, 2.05) is 23.1 Å². The molecule has 2 atom stereocenters. The second kappa shape index (κ2) is 11.5. The van der Waals surface area contributed by atoms with Crippen molar-refractivity contribution in [3.05, 3.63) is 66.0 Å². The normalized spacial score (nSPS) is 16.4. The van der Waals surface area contributed by atoms with E-state index >= 15 is 0 Å². The van der Waals surface area contributed by atoms with E-state index in [0.29, 0.717) is 6.54 Å². The number of aromatic carboxylic acids is 1. The van der Waals surface area contributed by atoms with Crippen LogP contribution in [0.4, 0.5) is 4.79 Å². The average Bonchev–Trinajstić information content (AvgIpc) is 2.78. The molecule has 1 aliphatic heterocycles. The molecule has 1 N–H and O–H groups in total. The minimum absolute atomic E-state index is 0.0110. The molecule has 0 spiro atoms. The summed E-state index contributed by atoms with van der Waals surface area (Å²) in [6, 6.07) is 13.4. The van der Waals surface area contributed by atoms with Crippen LogP contribution < -0.4 is 4.57 Å². The second-order valence-corrected chi connectivity index (χ2v) is 6.99. The van der Waals surface area contributed by atoms with Crippen LogP contribution in [0.3, 0.4) is 0 Å². The van der Waals surface area contributed by atoms with Crippen LogP contribution in [0.25, 0.3) is 0 Å². The van der Waals surface area contributed by atoms with Crippen LogP contribution in [0, 0.1) is 0 Å². The summed E-state index contributed by atoms with van der Waals surface area (Å²) >= 11 is 0. The van der Waals surface area contributed by atoms with Crippen LogP contribution in [-0.4, -0.2) is 40.8 Å². The lowest BCUT2D eigenvalue weighted by Gasteiger charge is -2.38. The fourth-order valence-corrected chi connectivity index (χ4v) is 3.62. The molecule has 3 rings (SSSR count). The van der Waals surface area contributed by atoms with Gasteiger partial charge in [0.25, 0.3) is 6.73 Å². The lowest BCUT2D eigenvalue weighted by Crippen LogP contribution is -2.48. The molecule has 1 saturated heterocycles. The van der Waals surface area contributed by atoms with Crippen molar-refractivity contribution >= 4 is 18.2 Å². The number of piperidine rings is 1. The standard InChI is InChI=1S/C21H24N2O4.CO2/c1-16(17-8-3-2-4-9-17)19-11-5-6-13-23(19)21(26)27-15-22-12-7-10-18(14-22)20(24)25;2-1-3/h2-4,7-10,12,14,16,19H,5-6,11,13,15H2,1H3;/p+1/t16-,19?;/m1./s1. The van der Waals surface area contributed by atoms with Crippen LogP contribution >= 0.6 is 0 Å². The molecule has 1 amide bonds. The van der Waals surface area contributed by atoms with Crippen molar-refractivity contribution in [1.82, 2.24) is 4.90 Å². The van der Waals surface area contributed by atoms with E-state index < -0.39 is 5.97 Å². The minimum atomic E-state index is -1.01. The molecule has 1 aromatic carbocycles. The number of aromatic nitrogens is 1. The summed E-state index contributed by atoms with van der Waals surface area (Å²) in [6.45, 7) is 2.82. The predicted molar refractivity (Wildman–Crippen MR) is 104 cm³/mol. The number of hydrogen-bond donors (Lipinski definition) is 1. The smallest absolute Gasteiger partial charge is 0.414 e. The Morgan fingerprint density at radius 3 is 2.57 bits per heavy atom. The van der Waals surface area contributed by atoms with Crippen LogP contribution in [0.1, 0.15) is 48.0 Å². The van der Waals surface area contributed by atoms with Gasteiger partial charge in [-0.3, -0.25) is 0 Å². The zero-order valence-corrected chi connectivity index (χ0v) is 16.8. The van der Waals surface area contributed by atoms with Crippen molar-refractivity contribution in [3.63, 3.8) is 0 Å². The monoisotopic (exact) mass is 413 g/mol. The Labute approximate surface area is 174 Å². The van der Waals surface area contributed by atoms with Gasteiger partial charge in [-0.05, 0) is 30.9 Å². The first-order chi connectivity index (χ1) is 14.5. The highest BCUT2D eigenvalue weighted by Crippen LogP contribution is 2.30. The summed E-state index contributed by atoms with van der Waals surface area (Å²) in [7, 11) is 0. The molecule has 1 aliphatic rings. The Balaban J connectivity index is 0.00000101. The molecular weight excluding hydrogens is 388 g/mol. The third-order valence-corrected chi connectivity index (χ3v) is 5.13. The number of ether oxygens (including phenoxy) is 1. The van der Waals surface area contributed by atoms with Gasteiger partial charge in [0.1, 0.15) is 5.56 Å². The number of nitrogens with zero attached hydrogens (tertiary/aromatic N) is 2. The number of carboxylic acids is 1. The molecule has 0 aliphatic carbocycles. The van der Waals surface area contributed by atoms with E-state index in [9.17, 15) is 9.59 Å². The van der Waals surface area contributed by atoms with Crippen molar-refractivity contribution in [2.45, 2.75) is 44.9 Å². The van der Waals surface area contributed by atoms with Crippen molar-refractivity contribution in [2.75, 3.05) is 6.54 Å². The van der Waals surface area contributed by atoms with Gasteiger partial charge in [0, 0.05) is 24.6 Å². The van der Waals surface area contributed by atoms with E-state index in [-0.39, 0.29) is 36.5 Å². The summed E-state index contributed by atoms with van der Waals surface area (Å²) in [5.41, 5.74) is 1.37. The zero-order chi connectivity index (χ0) is 21.9. The minimum Gasteiger partial charge on any atom is -0.477 e. The maximum absolute atomic E-state index is 12.7. The Hall–Kier alpha value is -3.51. The van der Waals surface area contributed by atoms with E-state index in [4.69, 9.17) is 19.4 Å². The van der Waals surface area contributed by atoms with Crippen LogP contribution in [-0.2, 0) is 21.1 Å². The van der Waals surface area contributed by atoms with E-state index in [0.717, 1.165) is 19.3 Å². The first-order valence-electron chi connectivity index (χ1n) is 9.68. The molecule has 8 nitrogen and oxygen atoms in total. The van der Waals surface area contributed by atoms with E-state index in [1.54, 1.807) is 16.8 Å². The fourth-order valence-electron chi connectivity index (χ4n) is 3.62. The Morgan fingerprint density at radius 2 is 1.90 bits per heavy atom. The van der Waals surface area contributed by atoms with Gasteiger partial charge < -0.3 is 14.7 Å². The Bertz CT molecular complexity index is 880. The highest BCUT2D eigenvalue weighted by Gasteiger charge is 2.32. The van der Waals surface area contributed by atoms with Crippen LogP contribution in [0.5, 0.6) is 0 Å². The second-order valence-electron chi connectivity index (χ2n) is 6.99. The number of amides is 1. The van der Waals surface area contributed by atoms with Gasteiger partial charge in [-0.15, -0.1) is 0 Å². The maximum atomic E-state index is 12.7. The molecule has 0 radical (unpaired) electrons. The van der Waals surface area contributed by atoms with Gasteiger partial charge in [0.2, 0.25) is 0 Å². The number of carbonyl (C=O) groups is 2. The molecule has 1 unspecified atom stereocenters. The van der Waals surface area contributed by atoms with Crippen molar-refractivity contribution < 1.29 is 33.6 Å². The van der Waals surface area contributed by atoms with Crippen molar-refractivity contribution in [1.29, 1.82) is 0 Å². The summed E-state index contributed by atoms with van der Waals surface area (Å²) in [5, 5.41) is 9.07. The van der Waals surface area contributed by atoms with Crippen LogP contribution in [0.2, 0.25) is 0 Å². The molecule has 30 heavy (non-hydrogen) atoms. The average molecular weight is 413 g/mol. The van der Waals surface area contributed by atoms with Gasteiger partial charge in [-0.1, -0.05) is 37.3 Å². The van der Waals surface area contributed by atoms with Gasteiger partial charge in [-0.2, -0.15) is 14.2 Å². The number of hydrogen-bond acceptors (Lipinski definition) is 5. The summed E-state index contributed by atoms with van der Waals surface area (Å²) in [6.07, 6.45) is 6.05. The molecule has 0 bridgehead atoms. The van der Waals surface area contributed by atoms with E-state index in [2.05, 4.69) is 19.1 Å². The molecule has 1 fully saturated rings. The number of benzene rings is 1. The number of likely N-dealkylation sites (tertiary alicyclic amines) is 1. The van der Waals surface area contributed by atoms with Crippen molar-refractivity contribution in [3.8, 4) is 0 Å². The fraction of sp³-hybridized carbons (Fsp3) is 0.364. The summed E-state index contributed by atoms with van der Waals surface area (Å²) in [4.78, 5) is 41.8. The molecule has 2 aromatic rings. The third kappa shape index (κ3) is 6.25. The molecule has 2 heterocycles. The SMILES string of the molecule is C[C@H](c1ccccc1)C1CCCCN1C(=O)OC[n+]1cccc(C(=O)O)c1.O=C=O. The van der Waals surface area contributed by atoms with E-state index in [1.165, 1.54) is 17.8 Å². The lowest BCUT2D eigenvalue weighted by atomic mass is 9.87. The van der Waals surface area contributed by atoms with Crippen molar-refractivity contribution in [2.24, 2.45) is 0 Å². The summed E-state index contributed by atoms with van der Waals surface area (Å²) in [5.74, 6) is -0.787. The zero-order valence-electron chi connectivity index (χ0n) is 16.8. The maximum Gasteiger partial charge on any atom is 0.414 e. The largest absolute Gasteiger partial charge is 0.477 e. The van der Waals surface area contributed by atoms with Gasteiger partial charge in [0.15, 0.2) is 12.4 Å². The number of pyridine rings is 1. The summed E-state index contributed by atoms with van der Waals surface area (Å²) < 4.78 is 7.03. The highest BCUT2D eigenvalue weighted by molar-refractivity contribution is 5.86. The Kier molecular flexibility index (Phi) is 8.72. The van der Waals surface area contributed by atoms with Crippen LogP contribution in [0.15, 0.2) is 54.9 Å². The number of carbonyl (C=O) groups excluding carboxylic acids is 3. The first-order valence-corrected chi connectivity index (χ1v) is 9.68. The molecule has 8 heteroatoms. The predicted octanol–water partition coefficient (Wildman–Crippen LogP) is 2.84. The Morgan fingerprint density at radius 1 is 1.20 bits per heavy atom. The lowest BCUT2D eigenvalue weighted by molar-refractivity contribution is -0.727. The van der Waals surface area contributed by atoms with Gasteiger partial charge in [-0.25, -0.2) is 9.59 Å². The molecule has 0 saturated carbocycles. The molecule has 1 aromatic heterocycles. The highest BCUT2D eigenvalue weighted by atomic mass is 16.6. The molecular formula is C22H25N2O6+. The number of rotatable bonds is 5. The first kappa shape index (κ1) is 22.8. The quantitative estimate of drug-likeness (QED) is 0.756. The number of carboxylic acid groups (broad SMARTS) is 1. The van der Waals surface area contributed by atoms with Gasteiger partial charge in [0.05, 0.1) is 0 Å². The molecule has 158 valence electrons. The topological polar surface area (TPSA) is 105 Å². The van der Waals surface area contributed by atoms with Gasteiger partial charge >= 0.3 is 18.2 Å².